The van der Waals surface area contributed by atoms with E-state index >= 15 is 0 Å². The highest BCUT2D eigenvalue weighted by molar-refractivity contribution is 4.66. The maximum Gasteiger partial charge on any atom is 0.155 e. The molecule has 0 aromatic heterocycles. The highest BCUT2D eigenvalue weighted by Crippen LogP contribution is 2.22. The van der Waals surface area contributed by atoms with Crippen molar-refractivity contribution in [1.29, 1.82) is 0 Å². The third-order valence-corrected chi connectivity index (χ3v) is 2.46. The zero-order valence-corrected chi connectivity index (χ0v) is 10.0. The van der Waals surface area contributed by atoms with Crippen LogP contribution in [0.2, 0.25) is 0 Å². The second-order valence-corrected chi connectivity index (χ2v) is 5.19. The average molecular weight is 200 g/mol. The Morgan fingerprint density at radius 3 is 2.14 bits per heavy atom. The summed E-state index contributed by atoms with van der Waals surface area (Å²) < 4.78 is 11.6. The summed E-state index contributed by atoms with van der Waals surface area (Å²) in [5, 5.41) is 0. The van der Waals surface area contributed by atoms with Crippen LogP contribution in [-0.4, -0.2) is 18.0 Å². The summed E-state index contributed by atoms with van der Waals surface area (Å²) >= 11 is 0. The van der Waals surface area contributed by atoms with Crippen LogP contribution < -0.4 is 0 Å². The van der Waals surface area contributed by atoms with Gasteiger partial charge >= 0.3 is 0 Å². The molecule has 84 valence electrons. The lowest BCUT2D eigenvalue weighted by atomic mass is 9.98. The van der Waals surface area contributed by atoms with E-state index < -0.39 is 0 Å². The Kier molecular flexibility index (Phi) is 4.39. The number of hydrogen-bond donors (Lipinski definition) is 0. The van der Waals surface area contributed by atoms with E-state index in [-0.39, 0.29) is 11.9 Å². The molecule has 0 aromatic carbocycles. The largest absolute Gasteiger partial charge is 0.350 e. The molecule has 1 atom stereocenters. The lowest BCUT2D eigenvalue weighted by molar-refractivity contribution is -0.209. The van der Waals surface area contributed by atoms with Crippen molar-refractivity contribution in [2.45, 2.75) is 77.8 Å². The lowest BCUT2D eigenvalue weighted by Gasteiger charge is -2.30. The first-order chi connectivity index (χ1) is 6.47. The molecule has 0 amide bonds. The van der Waals surface area contributed by atoms with Crippen molar-refractivity contribution in [3.8, 4) is 0 Å². The Balaban J connectivity index is 2.21. The molecular formula is C12H24O2. The molecule has 0 spiro atoms. The van der Waals surface area contributed by atoms with Crippen molar-refractivity contribution in [3.63, 3.8) is 0 Å². The minimum Gasteiger partial charge on any atom is -0.350 e. The molecule has 1 aliphatic carbocycles. The summed E-state index contributed by atoms with van der Waals surface area (Å²) in [6.07, 6.45) is 6.77. The Labute approximate surface area is 88.0 Å². The van der Waals surface area contributed by atoms with Crippen LogP contribution in [0.5, 0.6) is 0 Å². The first kappa shape index (κ1) is 12.0. The summed E-state index contributed by atoms with van der Waals surface area (Å²) in [5.41, 5.74) is -0.103. The molecule has 1 unspecified atom stereocenters. The van der Waals surface area contributed by atoms with E-state index in [2.05, 4.69) is 20.8 Å². The van der Waals surface area contributed by atoms with Crippen LogP contribution >= 0.6 is 0 Å². The molecule has 14 heavy (non-hydrogen) atoms. The standard InChI is InChI=1S/C12H24O2/c1-10(14-12(2,3)4)13-11-8-6-5-7-9-11/h10-11H,5-9H2,1-4H3. The van der Waals surface area contributed by atoms with E-state index in [9.17, 15) is 0 Å². The van der Waals surface area contributed by atoms with Gasteiger partial charge in [0.05, 0.1) is 11.7 Å². The zero-order chi connectivity index (χ0) is 10.6. The molecule has 2 heteroatoms. The van der Waals surface area contributed by atoms with Crippen LogP contribution in [0.1, 0.15) is 59.8 Å². The summed E-state index contributed by atoms with van der Waals surface area (Å²) in [4.78, 5) is 0. The van der Waals surface area contributed by atoms with Crippen molar-refractivity contribution < 1.29 is 9.47 Å². The maximum atomic E-state index is 5.85. The molecule has 2 nitrogen and oxygen atoms in total. The predicted molar refractivity (Wildman–Crippen MR) is 58.3 cm³/mol. The van der Waals surface area contributed by atoms with Gasteiger partial charge in [-0.1, -0.05) is 19.3 Å². The van der Waals surface area contributed by atoms with E-state index in [0.717, 1.165) is 0 Å². The Hall–Kier alpha value is -0.0800. The molecule has 0 N–H and O–H groups in total. The SMILES string of the molecule is CC(OC1CCCCC1)OC(C)(C)C. The lowest BCUT2D eigenvalue weighted by Crippen LogP contribution is -2.31. The number of rotatable bonds is 3. The van der Waals surface area contributed by atoms with Crippen LogP contribution in [0.4, 0.5) is 0 Å². The van der Waals surface area contributed by atoms with Gasteiger partial charge in [-0.05, 0) is 40.5 Å². The van der Waals surface area contributed by atoms with Gasteiger partial charge in [-0.25, -0.2) is 0 Å². The van der Waals surface area contributed by atoms with E-state index in [0.29, 0.717) is 6.10 Å². The van der Waals surface area contributed by atoms with Crippen molar-refractivity contribution in [3.05, 3.63) is 0 Å². The smallest absolute Gasteiger partial charge is 0.155 e. The Morgan fingerprint density at radius 1 is 1.07 bits per heavy atom. The van der Waals surface area contributed by atoms with Crippen molar-refractivity contribution in [2.24, 2.45) is 0 Å². The second kappa shape index (κ2) is 5.13. The van der Waals surface area contributed by atoms with E-state index in [1.54, 1.807) is 0 Å². The van der Waals surface area contributed by atoms with Gasteiger partial charge in [0.25, 0.3) is 0 Å². The highest BCUT2D eigenvalue weighted by atomic mass is 16.7. The fraction of sp³-hybridized carbons (Fsp3) is 1.00. The quantitative estimate of drug-likeness (QED) is 0.649. The first-order valence-electron chi connectivity index (χ1n) is 5.81. The third kappa shape index (κ3) is 4.97. The van der Waals surface area contributed by atoms with Crippen molar-refractivity contribution in [2.75, 3.05) is 0 Å². The third-order valence-electron chi connectivity index (χ3n) is 2.46. The molecule has 1 aliphatic rings. The molecule has 1 fully saturated rings. The number of ether oxygens (including phenoxy) is 2. The van der Waals surface area contributed by atoms with Crippen LogP contribution in [-0.2, 0) is 9.47 Å². The topological polar surface area (TPSA) is 18.5 Å². The van der Waals surface area contributed by atoms with Gasteiger partial charge < -0.3 is 9.47 Å². The zero-order valence-electron chi connectivity index (χ0n) is 10.0. The van der Waals surface area contributed by atoms with Crippen molar-refractivity contribution >= 4 is 0 Å². The van der Waals surface area contributed by atoms with E-state index in [1.807, 2.05) is 6.92 Å². The van der Waals surface area contributed by atoms with Gasteiger partial charge in [0.15, 0.2) is 6.29 Å². The molecule has 1 rings (SSSR count). The summed E-state index contributed by atoms with van der Waals surface area (Å²) in [6, 6.07) is 0. The van der Waals surface area contributed by atoms with Crippen LogP contribution in [0.3, 0.4) is 0 Å². The van der Waals surface area contributed by atoms with Crippen LogP contribution in [0.15, 0.2) is 0 Å². The Morgan fingerprint density at radius 2 is 1.64 bits per heavy atom. The monoisotopic (exact) mass is 200 g/mol. The minimum atomic E-state index is -0.103. The average Bonchev–Trinajstić information content (AvgIpc) is 2.02. The van der Waals surface area contributed by atoms with Crippen LogP contribution in [0, 0.1) is 0 Å². The van der Waals surface area contributed by atoms with Crippen molar-refractivity contribution in [1.82, 2.24) is 0 Å². The summed E-state index contributed by atoms with van der Waals surface area (Å²) in [7, 11) is 0. The maximum absolute atomic E-state index is 5.85. The minimum absolute atomic E-state index is 0.0712. The second-order valence-electron chi connectivity index (χ2n) is 5.19. The normalized spacial score (nSPS) is 22.3. The highest BCUT2D eigenvalue weighted by Gasteiger charge is 2.20. The molecule has 1 saturated carbocycles. The van der Waals surface area contributed by atoms with Gasteiger partial charge in [-0.15, -0.1) is 0 Å². The molecule has 0 aliphatic heterocycles. The summed E-state index contributed by atoms with van der Waals surface area (Å²) in [5.74, 6) is 0. The van der Waals surface area contributed by atoms with Crippen LogP contribution in [0.25, 0.3) is 0 Å². The van der Waals surface area contributed by atoms with Gasteiger partial charge in [-0.3, -0.25) is 0 Å². The molecule has 0 radical (unpaired) electrons. The molecular weight excluding hydrogens is 176 g/mol. The van der Waals surface area contributed by atoms with E-state index in [1.165, 1.54) is 32.1 Å². The van der Waals surface area contributed by atoms with Gasteiger partial charge in [0, 0.05) is 0 Å². The van der Waals surface area contributed by atoms with Gasteiger partial charge in [0.1, 0.15) is 0 Å². The Bertz CT molecular complexity index is 154. The molecule has 0 saturated heterocycles. The fourth-order valence-corrected chi connectivity index (χ4v) is 2.00. The predicted octanol–water partition coefficient (Wildman–Crippen LogP) is 3.50. The first-order valence-corrected chi connectivity index (χ1v) is 5.81. The van der Waals surface area contributed by atoms with Gasteiger partial charge in [-0.2, -0.15) is 0 Å². The molecule has 0 bridgehead atoms. The van der Waals surface area contributed by atoms with E-state index in [4.69, 9.17) is 9.47 Å². The summed E-state index contributed by atoms with van der Waals surface area (Å²) in [6.45, 7) is 8.19. The fourth-order valence-electron chi connectivity index (χ4n) is 2.00. The molecule has 0 aromatic rings. The van der Waals surface area contributed by atoms with Gasteiger partial charge in [0.2, 0.25) is 0 Å². The number of hydrogen-bond acceptors (Lipinski definition) is 2. The molecule has 0 heterocycles.